The molecule has 0 aromatic heterocycles. The van der Waals surface area contributed by atoms with Gasteiger partial charge in [-0.25, -0.2) is 9.59 Å². The van der Waals surface area contributed by atoms with Gasteiger partial charge >= 0.3 is 11.9 Å². The lowest BCUT2D eigenvalue weighted by Crippen LogP contribution is -2.42. The second kappa shape index (κ2) is 6.34. The number of ether oxygens (including phenoxy) is 1. The minimum atomic E-state index is -1.08. The van der Waals surface area contributed by atoms with Crippen molar-refractivity contribution in [2.45, 2.75) is 18.9 Å². The molecule has 2 aromatic rings. The number of rotatable bonds is 3. The van der Waals surface area contributed by atoms with E-state index < -0.39 is 11.9 Å². The number of carbonyl (C=O) groups is 2. The fraction of sp³-hybridized carbons (Fsp3) is 0.263. The van der Waals surface area contributed by atoms with Crippen molar-refractivity contribution in [3.63, 3.8) is 0 Å². The maximum atomic E-state index is 11.6. The van der Waals surface area contributed by atoms with Crippen LogP contribution in [0, 0.1) is 0 Å². The Morgan fingerprint density at radius 2 is 1.81 bits per heavy atom. The highest BCUT2D eigenvalue weighted by Crippen LogP contribution is 2.50. The first-order valence-corrected chi connectivity index (χ1v) is 8.47. The van der Waals surface area contributed by atoms with Crippen LogP contribution in [0.15, 0.2) is 36.4 Å². The van der Waals surface area contributed by atoms with Crippen LogP contribution >= 0.6 is 0 Å². The van der Waals surface area contributed by atoms with Crippen molar-refractivity contribution >= 4 is 23.3 Å². The van der Waals surface area contributed by atoms with Gasteiger partial charge in [-0.05, 0) is 56.3 Å². The summed E-state index contributed by atoms with van der Waals surface area (Å²) in [4.78, 5) is 25.0. The molecule has 0 bridgehead atoms. The van der Waals surface area contributed by atoms with Gasteiger partial charge in [0.1, 0.15) is 5.56 Å². The predicted molar refractivity (Wildman–Crippen MR) is 94.9 cm³/mol. The number of anilines is 2. The highest BCUT2D eigenvalue weighted by atomic mass is 16.5. The molecule has 2 aliphatic heterocycles. The summed E-state index contributed by atoms with van der Waals surface area (Å²) in [5.74, 6) is -1.51. The first-order valence-electron chi connectivity index (χ1n) is 8.47. The molecule has 0 spiro atoms. The van der Waals surface area contributed by atoms with Crippen LogP contribution in [-0.2, 0) is 0 Å². The van der Waals surface area contributed by atoms with Crippen molar-refractivity contribution in [3.8, 4) is 11.5 Å². The van der Waals surface area contributed by atoms with Crippen LogP contribution in [0.3, 0.4) is 0 Å². The fourth-order valence-corrected chi connectivity index (χ4v) is 3.62. The number of fused-ring (bicyclic) bond motifs is 2. The van der Waals surface area contributed by atoms with E-state index in [-0.39, 0.29) is 22.9 Å². The van der Waals surface area contributed by atoms with E-state index in [0.29, 0.717) is 11.4 Å². The first kappa shape index (κ1) is 16.4. The summed E-state index contributed by atoms with van der Waals surface area (Å²) in [6.45, 7) is 1.75. The molecule has 3 N–H and O–H groups in total. The maximum Gasteiger partial charge on any atom is 0.339 e. The zero-order valence-corrected chi connectivity index (χ0v) is 13.9. The third-order valence-electron chi connectivity index (χ3n) is 4.84. The third-order valence-corrected chi connectivity index (χ3v) is 4.84. The molecule has 2 aliphatic rings. The van der Waals surface area contributed by atoms with Crippen LogP contribution in [0.2, 0.25) is 0 Å². The Balaban J connectivity index is 1.89. The number of carboxylic acid groups (broad SMARTS) is 2. The second-order valence-corrected chi connectivity index (χ2v) is 6.40. The molecule has 134 valence electrons. The number of nitrogens with zero attached hydrogens (tertiary/aromatic N) is 1. The molecule has 2 aromatic carbocycles. The number of nitrogens with one attached hydrogen (secondary N) is 1. The number of aromatic carboxylic acids is 2. The first-order chi connectivity index (χ1) is 12.6. The highest BCUT2D eigenvalue weighted by molar-refractivity contribution is 5.96. The number of para-hydroxylation sites is 1. The van der Waals surface area contributed by atoms with Crippen molar-refractivity contribution in [1.82, 2.24) is 5.32 Å². The van der Waals surface area contributed by atoms with Crippen LogP contribution in [0.25, 0.3) is 0 Å². The van der Waals surface area contributed by atoms with Crippen molar-refractivity contribution in [2.75, 3.05) is 18.0 Å². The number of benzene rings is 2. The lowest BCUT2D eigenvalue weighted by Gasteiger charge is -2.40. The molecule has 7 nitrogen and oxygen atoms in total. The summed E-state index contributed by atoms with van der Waals surface area (Å²) in [5, 5.41) is 22.1. The standard InChI is InChI=1S/C19H18N2O5/c22-18(23)11-4-5-14-16(10-11)26-17-13(19(24)25)2-1-3-15(17)21(14)12-6-8-20-9-7-12/h1-5,10,12,20H,6-9H2,(H,22,23)(H,24,25). The lowest BCUT2D eigenvalue weighted by atomic mass is 9.99. The number of hydrogen-bond acceptors (Lipinski definition) is 5. The van der Waals surface area contributed by atoms with Crippen LogP contribution in [0.1, 0.15) is 33.6 Å². The van der Waals surface area contributed by atoms with Crippen molar-refractivity contribution in [1.29, 1.82) is 0 Å². The Morgan fingerprint density at radius 1 is 1.04 bits per heavy atom. The number of hydrogen-bond donors (Lipinski definition) is 3. The van der Waals surface area contributed by atoms with E-state index in [1.54, 1.807) is 18.2 Å². The minimum absolute atomic E-state index is 0.0628. The smallest absolute Gasteiger partial charge is 0.339 e. The van der Waals surface area contributed by atoms with E-state index in [4.69, 9.17) is 4.74 Å². The highest BCUT2D eigenvalue weighted by Gasteiger charge is 2.33. The predicted octanol–water partition coefficient (Wildman–Crippen LogP) is 3.08. The molecular formula is C19H18N2O5. The summed E-state index contributed by atoms with van der Waals surface area (Å²) in [5.41, 5.74) is 1.63. The summed E-state index contributed by atoms with van der Waals surface area (Å²) in [6.07, 6.45) is 1.80. The molecule has 0 saturated carbocycles. The Bertz CT molecular complexity index is 889. The largest absolute Gasteiger partial charge is 0.478 e. The van der Waals surface area contributed by atoms with Crippen LogP contribution in [0.4, 0.5) is 11.4 Å². The van der Waals surface area contributed by atoms with E-state index in [9.17, 15) is 19.8 Å². The Hall–Kier alpha value is -3.06. The molecule has 0 unspecified atom stereocenters. The average Bonchev–Trinajstić information content (AvgIpc) is 2.65. The molecular weight excluding hydrogens is 336 g/mol. The van der Waals surface area contributed by atoms with E-state index >= 15 is 0 Å². The molecule has 0 aliphatic carbocycles. The molecule has 1 fully saturated rings. The van der Waals surface area contributed by atoms with Gasteiger partial charge in [-0.1, -0.05) is 6.07 Å². The van der Waals surface area contributed by atoms with Gasteiger partial charge in [-0.15, -0.1) is 0 Å². The Morgan fingerprint density at radius 3 is 2.50 bits per heavy atom. The molecule has 7 heteroatoms. The van der Waals surface area contributed by atoms with Gasteiger partial charge < -0.3 is 25.2 Å². The third kappa shape index (κ3) is 2.66. The van der Waals surface area contributed by atoms with Gasteiger partial charge in [0, 0.05) is 6.04 Å². The zero-order valence-electron chi connectivity index (χ0n) is 13.9. The van der Waals surface area contributed by atoms with Gasteiger partial charge in [0.15, 0.2) is 11.5 Å². The molecule has 0 amide bonds. The molecule has 26 heavy (non-hydrogen) atoms. The van der Waals surface area contributed by atoms with E-state index in [2.05, 4.69) is 10.2 Å². The zero-order chi connectivity index (χ0) is 18.3. The second-order valence-electron chi connectivity index (χ2n) is 6.40. The summed E-state index contributed by atoms with van der Waals surface area (Å²) >= 11 is 0. The lowest BCUT2D eigenvalue weighted by molar-refractivity contribution is 0.0683. The monoisotopic (exact) mass is 354 g/mol. The van der Waals surface area contributed by atoms with Crippen molar-refractivity contribution in [3.05, 3.63) is 47.5 Å². The number of piperidine rings is 1. The van der Waals surface area contributed by atoms with Gasteiger partial charge in [-0.2, -0.15) is 0 Å². The van der Waals surface area contributed by atoms with Crippen LogP contribution in [-0.4, -0.2) is 41.3 Å². The van der Waals surface area contributed by atoms with Crippen molar-refractivity contribution < 1.29 is 24.5 Å². The van der Waals surface area contributed by atoms with Gasteiger partial charge in [0.05, 0.1) is 16.9 Å². The summed E-state index contributed by atoms with van der Waals surface area (Å²) in [7, 11) is 0. The Kier molecular flexibility index (Phi) is 4.00. The van der Waals surface area contributed by atoms with Crippen LogP contribution in [0.5, 0.6) is 11.5 Å². The van der Waals surface area contributed by atoms with E-state index in [1.165, 1.54) is 12.1 Å². The Labute approximate surface area is 149 Å². The normalized spacial score (nSPS) is 16.4. The van der Waals surface area contributed by atoms with E-state index in [0.717, 1.165) is 31.6 Å². The SMILES string of the molecule is O=C(O)c1ccc2c(c1)Oc1c(C(=O)O)cccc1N2C1CCNCC1. The molecule has 2 heterocycles. The molecule has 4 rings (SSSR count). The number of carboxylic acids is 2. The van der Waals surface area contributed by atoms with E-state index in [1.807, 2.05) is 6.07 Å². The topological polar surface area (TPSA) is 99.1 Å². The van der Waals surface area contributed by atoms with Gasteiger partial charge in [-0.3, -0.25) is 0 Å². The minimum Gasteiger partial charge on any atom is -0.478 e. The van der Waals surface area contributed by atoms with Gasteiger partial charge in [0.2, 0.25) is 0 Å². The fourth-order valence-electron chi connectivity index (χ4n) is 3.62. The van der Waals surface area contributed by atoms with Crippen molar-refractivity contribution in [2.24, 2.45) is 0 Å². The average molecular weight is 354 g/mol. The summed E-state index contributed by atoms with van der Waals surface area (Å²) in [6, 6.07) is 9.95. The summed E-state index contributed by atoms with van der Waals surface area (Å²) < 4.78 is 5.88. The molecule has 0 radical (unpaired) electrons. The quantitative estimate of drug-likeness (QED) is 0.779. The molecule has 1 saturated heterocycles. The van der Waals surface area contributed by atoms with Crippen LogP contribution < -0.4 is 15.0 Å². The molecule has 0 atom stereocenters. The van der Waals surface area contributed by atoms with Gasteiger partial charge in [0.25, 0.3) is 0 Å². The maximum absolute atomic E-state index is 11.6.